The second kappa shape index (κ2) is 6.75. The van der Waals surface area contributed by atoms with Crippen molar-refractivity contribution in [2.75, 3.05) is 18.9 Å². The number of nitrogen functional groups attached to an aromatic ring is 1. The zero-order valence-electron chi connectivity index (χ0n) is 12.1. The second-order valence-corrected chi connectivity index (χ2v) is 5.59. The van der Waals surface area contributed by atoms with Crippen molar-refractivity contribution in [3.05, 3.63) is 29.3 Å². The molecule has 2 rings (SSSR count). The van der Waals surface area contributed by atoms with Gasteiger partial charge in [-0.25, -0.2) is 0 Å². The van der Waals surface area contributed by atoms with E-state index in [2.05, 4.69) is 0 Å². The van der Waals surface area contributed by atoms with E-state index in [0.717, 1.165) is 31.2 Å². The molecule has 0 aliphatic heterocycles. The molecule has 1 aliphatic rings. The Hall–Kier alpha value is -1.55. The van der Waals surface area contributed by atoms with Gasteiger partial charge < -0.3 is 15.7 Å². The second-order valence-electron chi connectivity index (χ2n) is 5.59. The molecule has 1 aliphatic carbocycles. The van der Waals surface area contributed by atoms with Gasteiger partial charge in [0.2, 0.25) is 0 Å². The number of hydrogen-bond donors (Lipinski definition) is 2. The van der Waals surface area contributed by atoms with Crippen LogP contribution in [0.1, 0.15) is 48.0 Å². The smallest absolute Gasteiger partial charge is 0.254 e. The maximum atomic E-state index is 12.8. The van der Waals surface area contributed by atoms with E-state index >= 15 is 0 Å². The van der Waals surface area contributed by atoms with Gasteiger partial charge in [-0.05, 0) is 37.5 Å². The van der Waals surface area contributed by atoms with Crippen LogP contribution >= 0.6 is 0 Å². The Labute approximate surface area is 120 Å². The highest BCUT2D eigenvalue weighted by Gasteiger charge is 2.26. The number of nitrogens with zero attached hydrogens (tertiary/aromatic N) is 1. The van der Waals surface area contributed by atoms with E-state index in [1.165, 1.54) is 6.42 Å². The Morgan fingerprint density at radius 1 is 1.35 bits per heavy atom. The number of carbonyl (C=O) groups excluding carboxylic acids is 1. The molecule has 0 heterocycles. The average Bonchev–Trinajstić information content (AvgIpc) is 2.47. The molecule has 1 aromatic carbocycles. The Balaban J connectivity index is 2.23. The molecule has 4 nitrogen and oxygen atoms in total. The van der Waals surface area contributed by atoms with E-state index in [1.807, 2.05) is 24.0 Å². The molecular weight excluding hydrogens is 252 g/mol. The van der Waals surface area contributed by atoms with E-state index < -0.39 is 0 Å². The molecule has 4 heteroatoms. The third-order valence-corrected chi connectivity index (χ3v) is 4.11. The molecule has 1 amide bonds. The van der Waals surface area contributed by atoms with E-state index in [0.29, 0.717) is 17.8 Å². The van der Waals surface area contributed by atoms with Crippen LogP contribution in [0.25, 0.3) is 0 Å². The first-order valence-corrected chi connectivity index (χ1v) is 7.41. The third-order valence-electron chi connectivity index (χ3n) is 4.11. The Morgan fingerprint density at radius 3 is 2.70 bits per heavy atom. The molecule has 0 radical (unpaired) electrons. The van der Waals surface area contributed by atoms with Gasteiger partial charge in [-0.3, -0.25) is 4.79 Å². The largest absolute Gasteiger partial charge is 0.399 e. The minimum Gasteiger partial charge on any atom is -0.399 e. The molecule has 1 fully saturated rings. The van der Waals surface area contributed by atoms with Crippen molar-refractivity contribution >= 4 is 11.6 Å². The summed E-state index contributed by atoms with van der Waals surface area (Å²) in [6.07, 6.45) is 5.64. The number of aliphatic hydroxyl groups excluding tert-OH is 1. The highest BCUT2D eigenvalue weighted by molar-refractivity contribution is 5.96. The SMILES string of the molecule is Cc1ccc(N)cc1C(=O)N(CCO)C1CCCCC1. The van der Waals surface area contributed by atoms with Crippen LogP contribution in [0, 0.1) is 6.92 Å². The fourth-order valence-electron chi connectivity index (χ4n) is 2.98. The molecule has 0 unspecified atom stereocenters. The number of rotatable bonds is 4. The number of aryl methyl sites for hydroxylation is 1. The number of aliphatic hydroxyl groups is 1. The molecule has 1 aromatic rings. The van der Waals surface area contributed by atoms with Crippen LogP contribution < -0.4 is 5.73 Å². The summed E-state index contributed by atoms with van der Waals surface area (Å²) in [6, 6.07) is 5.68. The topological polar surface area (TPSA) is 66.6 Å². The monoisotopic (exact) mass is 276 g/mol. The highest BCUT2D eigenvalue weighted by Crippen LogP contribution is 2.25. The molecule has 110 valence electrons. The average molecular weight is 276 g/mol. The summed E-state index contributed by atoms with van der Waals surface area (Å²) in [5.74, 6) is -0.00394. The van der Waals surface area contributed by atoms with Crippen molar-refractivity contribution in [3.8, 4) is 0 Å². The lowest BCUT2D eigenvalue weighted by molar-refractivity contribution is 0.0584. The fraction of sp³-hybridized carbons (Fsp3) is 0.562. The van der Waals surface area contributed by atoms with Crippen LogP contribution in [-0.2, 0) is 0 Å². The summed E-state index contributed by atoms with van der Waals surface area (Å²) in [6.45, 7) is 2.33. The van der Waals surface area contributed by atoms with Crippen LogP contribution in [0.5, 0.6) is 0 Å². The number of amides is 1. The Kier molecular flexibility index (Phi) is 5.01. The Bertz CT molecular complexity index is 468. The number of carbonyl (C=O) groups is 1. The molecular formula is C16H24N2O2. The molecule has 1 saturated carbocycles. The number of hydrogen-bond acceptors (Lipinski definition) is 3. The summed E-state index contributed by atoms with van der Waals surface area (Å²) in [4.78, 5) is 14.6. The van der Waals surface area contributed by atoms with Gasteiger partial charge in [-0.15, -0.1) is 0 Å². The molecule has 0 spiro atoms. The molecule has 0 bridgehead atoms. The van der Waals surface area contributed by atoms with E-state index in [9.17, 15) is 9.90 Å². The minimum absolute atomic E-state index is 0.00357. The summed E-state index contributed by atoms with van der Waals surface area (Å²) in [7, 11) is 0. The summed E-state index contributed by atoms with van der Waals surface area (Å²) < 4.78 is 0. The van der Waals surface area contributed by atoms with Gasteiger partial charge in [0.05, 0.1) is 6.61 Å². The zero-order valence-corrected chi connectivity index (χ0v) is 12.1. The van der Waals surface area contributed by atoms with Gasteiger partial charge in [0.1, 0.15) is 0 Å². The summed E-state index contributed by atoms with van der Waals surface area (Å²) >= 11 is 0. The third kappa shape index (κ3) is 3.31. The van der Waals surface area contributed by atoms with Crippen LogP contribution in [0.3, 0.4) is 0 Å². The quantitative estimate of drug-likeness (QED) is 0.830. The van der Waals surface area contributed by atoms with Crippen LogP contribution in [0.2, 0.25) is 0 Å². The molecule has 3 N–H and O–H groups in total. The predicted molar refractivity (Wildman–Crippen MR) is 80.6 cm³/mol. The number of nitrogens with two attached hydrogens (primary N) is 1. The number of anilines is 1. The van der Waals surface area contributed by atoms with E-state index in [4.69, 9.17) is 5.73 Å². The zero-order chi connectivity index (χ0) is 14.5. The predicted octanol–water partition coefficient (Wildman–Crippen LogP) is 2.34. The van der Waals surface area contributed by atoms with Crippen LogP contribution in [0.4, 0.5) is 5.69 Å². The van der Waals surface area contributed by atoms with Crippen molar-refractivity contribution in [3.63, 3.8) is 0 Å². The van der Waals surface area contributed by atoms with Gasteiger partial charge in [0.15, 0.2) is 0 Å². The van der Waals surface area contributed by atoms with E-state index in [-0.39, 0.29) is 18.6 Å². The van der Waals surface area contributed by atoms with Crippen molar-refractivity contribution in [1.29, 1.82) is 0 Å². The molecule has 20 heavy (non-hydrogen) atoms. The molecule has 0 saturated heterocycles. The van der Waals surface area contributed by atoms with Gasteiger partial charge in [0.25, 0.3) is 5.91 Å². The summed E-state index contributed by atoms with van der Waals surface area (Å²) in [5.41, 5.74) is 7.99. The van der Waals surface area contributed by atoms with E-state index in [1.54, 1.807) is 6.07 Å². The van der Waals surface area contributed by atoms with Crippen molar-refractivity contribution in [2.45, 2.75) is 45.1 Å². The summed E-state index contributed by atoms with van der Waals surface area (Å²) in [5, 5.41) is 9.27. The van der Waals surface area contributed by atoms with Crippen molar-refractivity contribution < 1.29 is 9.90 Å². The number of benzene rings is 1. The van der Waals surface area contributed by atoms with Crippen LogP contribution in [-0.4, -0.2) is 35.1 Å². The lowest BCUT2D eigenvalue weighted by Crippen LogP contribution is -2.43. The van der Waals surface area contributed by atoms with Crippen molar-refractivity contribution in [2.24, 2.45) is 0 Å². The first kappa shape index (κ1) is 14.9. The highest BCUT2D eigenvalue weighted by atomic mass is 16.3. The minimum atomic E-state index is -0.00394. The first-order valence-electron chi connectivity index (χ1n) is 7.41. The Morgan fingerprint density at radius 2 is 2.05 bits per heavy atom. The lowest BCUT2D eigenvalue weighted by atomic mass is 9.93. The van der Waals surface area contributed by atoms with Gasteiger partial charge in [0, 0.05) is 23.8 Å². The fourth-order valence-corrected chi connectivity index (χ4v) is 2.98. The first-order chi connectivity index (χ1) is 9.63. The molecule has 0 atom stereocenters. The normalized spacial score (nSPS) is 16.1. The van der Waals surface area contributed by atoms with Crippen molar-refractivity contribution in [1.82, 2.24) is 4.90 Å². The van der Waals surface area contributed by atoms with Gasteiger partial charge in [-0.1, -0.05) is 25.3 Å². The van der Waals surface area contributed by atoms with Gasteiger partial charge in [-0.2, -0.15) is 0 Å². The van der Waals surface area contributed by atoms with Crippen LogP contribution in [0.15, 0.2) is 18.2 Å². The van der Waals surface area contributed by atoms with Gasteiger partial charge >= 0.3 is 0 Å². The maximum absolute atomic E-state index is 12.8. The molecule has 0 aromatic heterocycles. The lowest BCUT2D eigenvalue weighted by Gasteiger charge is -2.34. The standard InChI is InChI=1S/C16H24N2O2/c1-12-7-8-13(17)11-15(12)16(20)18(9-10-19)14-5-3-2-4-6-14/h7-8,11,14,19H,2-6,9-10,17H2,1H3. The maximum Gasteiger partial charge on any atom is 0.254 e.